The van der Waals surface area contributed by atoms with Gasteiger partial charge in [-0.1, -0.05) is 50.5 Å². The molecule has 0 aliphatic rings. The lowest BCUT2D eigenvalue weighted by Crippen LogP contribution is -1.78. The van der Waals surface area contributed by atoms with E-state index in [1.165, 1.54) is 32.1 Å². The van der Waals surface area contributed by atoms with Gasteiger partial charge in [0.25, 0.3) is 0 Å². The number of hydrogen-bond donors (Lipinski definition) is 0. The summed E-state index contributed by atoms with van der Waals surface area (Å²) >= 11 is 0. The summed E-state index contributed by atoms with van der Waals surface area (Å²) in [5.74, 6) is 0. The van der Waals surface area contributed by atoms with Gasteiger partial charge in [-0.25, -0.2) is 0 Å². The van der Waals surface area contributed by atoms with E-state index < -0.39 is 0 Å². The lowest BCUT2D eigenvalue weighted by Gasteiger charge is -1.95. The summed E-state index contributed by atoms with van der Waals surface area (Å²) in [6.45, 7) is 2.19. The van der Waals surface area contributed by atoms with Gasteiger partial charge in [-0.2, -0.15) is 0 Å². The van der Waals surface area contributed by atoms with Crippen LogP contribution in [-0.4, -0.2) is 6.29 Å². The molecular formula is C14H24O. The third-order valence-electron chi connectivity index (χ3n) is 2.28. The van der Waals surface area contributed by atoms with Gasteiger partial charge in [-0.05, 0) is 25.7 Å². The molecule has 0 aliphatic carbocycles. The average Bonchev–Trinajstić information content (AvgIpc) is 2.26. The predicted molar refractivity (Wildman–Crippen MR) is 67.0 cm³/mol. The van der Waals surface area contributed by atoms with E-state index in [9.17, 15) is 4.79 Å². The Bertz CT molecular complexity index is 180. The molecule has 0 heterocycles. The Kier molecular flexibility index (Phi) is 12.4. The van der Waals surface area contributed by atoms with Crippen molar-refractivity contribution in [3.05, 3.63) is 24.3 Å². The van der Waals surface area contributed by atoms with Crippen molar-refractivity contribution < 1.29 is 4.79 Å². The molecule has 86 valence electrons. The van der Waals surface area contributed by atoms with Gasteiger partial charge in [0.1, 0.15) is 6.29 Å². The van der Waals surface area contributed by atoms with E-state index in [0.717, 1.165) is 25.5 Å². The summed E-state index contributed by atoms with van der Waals surface area (Å²) in [4.78, 5) is 10.0. The quantitative estimate of drug-likeness (QED) is 0.295. The third-order valence-corrected chi connectivity index (χ3v) is 2.28. The topological polar surface area (TPSA) is 17.1 Å². The van der Waals surface area contributed by atoms with E-state index in [-0.39, 0.29) is 0 Å². The van der Waals surface area contributed by atoms with E-state index in [2.05, 4.69) is 31.2 Å². The minimum Gasteiger partial charge on any atom is -0.303 e. The highest BCUT2D eigenvalue weighted by Crippen LogP contribution is 2.04. The zero-order chi connectivity index (χ0) is 11.2. The Labute approximate surface area is 94.3 Å². The van der Waals surface area contributed by atoms with Crippen molar-refractivity contribution in [2.24, 2.45) is 0 Å². The van der Waals surface area contributed by atoms with Crippen LogP contribution in [0, 0.1) is 0 Å². The summed E-state index contributed by atoms with van der Waals surface area (Å²) < 4.78 is 0. The first kappa shape index (κ1) is 14.2. The van der Waals surface area contributed by atoms with Gasteiger partial charge < -0.3 is 4.79 Å². The molecule has 0 fully saturated rings. The normalized spacial score (nSPS) is 11.5. The number of rotatable bonds is 10. The first-order valence-corrected chi connectivity index (χ1v) is 6.17. The molecule has 1 heteroatoms. The van der Waals surface area contributed by atoms with Crippen LogP contribution in [0.25, 0.3) is 0 Å². The first-order chi connectivity index (χ1) is 7.41. The van der Waals surface area contributed by atoms with Crippen molar-refractivity contribution in [3.8, 4) is 0 Å². The van der Waals surface area contributed by atoms with Crippen LogP contribution in [0.2, 0.25) is 0 Å². The number of unbranched alkanes of at least 4 members (excludes halogenated alkanes) is 6. The van der Waals surface area contributed by atoms with Gasteiger partial charge in [0.15, 0.2) is 0 Å². The standard InChI is InChI=1S/C14H24O/c1-2-3-4-5-6-7-8-9-10-11-12-13-14-15/h4-7,14H,2-3,8-13H2,1H3/b5-4-,7-6?. The number of hydrogen-bond acceptors (Lipinski definition) is 1. The zero-order valence-electron chi connectivity index (χ0n) is 9.95. The van der Waals surface area contributed by atoms with Crippen molar-refractivity contribution in [1.29, 1.82) is 0 Å². The van der Waals surface area contributed by atoms with Gasteiger partial charge in [0, 0.05) is 6.42 Å². The molecule has 0 amide bonds. The second-order valence-corrected chi connectivity index (χ2v) is 3.80. The molecule has 0 aromatic carbocycles. The van der Waals surface area contributed by atoms with Crippen molar-refractivity contribution in [1.82, 2.24) is 0 Å². The van der Waals surface area contributed by atoms with Crippen molar-refractivity contribution in [3.63, 3.8) is 0 Å². The fraction of sp³-hybridized carbons (Fsp3) is 0.643. The van der Waals surface area contributed by atoms with Crippen LogP contribution in [0.15, 0.2) is 24.3 Å². The average molecular weight is 208 g/mol. The number of aldehydes is 1. The van der Waals surface area contributed by atoms with E-state index in [4.69, 9.17) is 0 Å². The highest BCUT2D eigenvalue weighted by atomic mass is 16.1. The summed E-state index contributed by atoms with van der Waals surface area (Å²) in [7, 11) is 0. The fourth-order valence-electron chi connectivity index (χ4n) is 1.36. The lowest BCUT2D eigenvalue weighted by molar-refractivity contribution is -0.107. The van der Waals surface area contributed by atoms with E-state index in [1.54, 1.807) is 0 Å². The third kappa shape index (κ3) is 13.2. The molecule has 0 aromatic rings. The molecule has 0 rings (SSSR count). The molecule has 0 atom stereocenters. The molecule has 0 aromatic heterocycles. The molecule has 0 spiro atoms. The second kappa shape index (κ2) is 13.2. The molecule has 0 unspecified atom stereocenters. The van der Waals surface area contributed by atoms with Crippen LogP contribution in [0.4, 0.5) is 0 Å². The van der Waals surface area contributed by atoms with E-state index >= 15 is 0 Å². The number of carbonyl (C=O) groups is 1. The van der Waals surface area contributed by atoms with Crippen LogP contribution >= 0.6 is 0 Å². The van der Waals surface area contributed by atoms with Gasteiger partial charge >= 0.3 is 0 Å². The Balaban J connectivity index is 3.12. The Morgan fingerprint density at radius 3 is 2.00 bits per heavy atom. The molecule has 0 bridgehead atoms. The van der Waals surface area contributed by atoms with Crippen LogP contribution in [0.3, 0.4) is 0 Å². The van der Waals surface area contributed by atoms with Crippen LogP contribution in [0.1, 0.15) is 58.3 Å². The predicted octanol–water partition coefficient (Wildman–Crippen LogP) is 4.44. The molecule has 15 heavy (non-hydrogen) atoms. The smallest absolute Gasteiger partial charge is 0.119 e. The van der Waals surface area contributed by atoms with E-state index in [0.29, 0.717) is 0 Å². The zero-order valence-corrected chi connectivity index (χ0v) is 9.95. The van der Waals surface area contributed by atoms with Crippen LogP contribution < -0.4 is 0 Å². The van der Waals surface area contributed by atoms with E-state index in [1.807, 2.05) is 0 Å². The molecule has 0 N–H and O–H groups in total. The molecule has 0 radical (unpaired) electrons. The van der Waals surface area contributed by atoms with Gasteiger partial charge in [0.2, 0.25) is 0 Å². The SMILES string of the molecule is CCC/C=C\C=CCCCCCCC=O. The lowest BCUT2D eigenvalue weighted by atomic mass is 10.1. The molecule has 0 aliphatic heterocycles. The van der Waals surface area contributed by atoms with Crippen LogP contribution in [0.5, 0.6) is 0 Å². The first-order valence-electron chi connectivity index (χ1n) is 6.17. The number of allylic oxidation sites excluding steroid dienone is 4. The Hall–Kier alpha value is -0.850. The van der Waals surface area contributed by atoms with Crippen molar-refractivity contribution in [2.45, 2.75) is 58.3 Å². The molecular weight excluding hydrogens is 184 g/mol. The molecule has 0 saturated carbocycles. The number of carbonyl (C=O) groups excluding carboxylic acids is 1. The van der Waals surface area contributed by atoms with Crippen LogP contribution in [-0.2, 0) is 4.79 Å². The van der Waals surface area contributed by atoms with Crippen molar-refractivity contribution in [2.75, 3.05) is 0 Å². The summed E-state index contributed by atoms with van der Waals surface area (Å²) in [5.41, 5.74) is 0. The summed E-state index contributed by atoms with van der Waals surface area (Å²) in [5, 5.41) is 0. The minimum absolute atomic E-state index is 0.732. The minimum atomic E-state index is 0.732. The fourth-order valence-corrected chi connectivity index (χ4v) is 1.36. The van der Waals surface area contributed by atoms with Gasteiger partial charge in [0.05, 0.1) is 0 Å². The molecule has 1 nitrogen and oxygen atoms in total. The summed E-state index contributed by atoms with van der Waals surface area (Å²) in [6.07, 6.45) is 18.8. The maximum absolute atomic E-state index is 10.0. The summed E-state index contributed by atoms with van der Waals surface area (Å²) in [6, 6.07) is 0. The monoisotopic (exact) mass is 208 g/mol. The maximum Gasteiger partial charge on any atom is 0.119 e. The Morgan fingerprint density at radius 1 is 0.800 bits per heavy atom. The largest absolute Gasteiger partial charge is 0.303 e. The second-order valence-electron chi connectivity index (χ2n) is 3.80. The highest BCUT2D eigenvalue weighted by molar-refractivity contribution is 5.48. The van der Waals surface area contributed by atoms with Crippen molar-refractivity contribution >= 4 is 6.29 Å². The van der Waals surface area contributed by atoms with Gasteiger partial charge in [-0.15, -0.1) is 0 Å². The molecule has 0 saturated heterocycles. The highest BCUT2D eigenvalue weighted by Gasteiger charge is 1.87. The Morgan fingerprint density at radius 2 is 1.40 bits per heavy atom. The maximum atomic E-state index is 10.0. The van der Waals surface area contributed by atoms with Gasteiger partial charge in [-0.3, -0.25) is 0 Å².